The predicted molar refractivity (Wildman–Crippen MR) is 51.9 cm³/mol. The largest absolute Gasteiger partial charge is 0.495 e. The highest BCUT2D eigenvalue weighted by Crippen LogP contribution is 2.34. The number of rotatable bonds is 1. The van der Waals surface area contributed by atoms with Gasteiger partial charge in [0.2, 0.25) is 0 Å². The summed E-state index contributed by atoms with van der Waals surface area (Å²) >= 11 is 0. The van der Waals surface area contributed by atoms with E-state index in [1.54, 1.807) is 0 Å². The molecule has 0 radical (unpaired) electrons. The topological polar surface area (TPSA) is 9.23 Å². The normalized spacial score (nSPS) is 30.0. The molecule has 0 bridgehead atoms. The Morgan fingerprint density at radius 3 is 2.50 bits per heavy atom. The third-order valence-corrected chi connectivity index (χ3v) is 2.19. The van der Waals surface area contributed by atoms with Crippen LogP contribution in [0.25, 0.3) is 0 Å². The maximum atomic E-state index is 5.66. The first-order valence-electron chi connectivity index (χ1n) is 4.74. The zero-order chi connectivity index (χ0) is 9.24. The third-order valence-electron chi connectivity index (χ3n) is 2.19. The van der Waals surface area contributed by atoms with E-state index in [-0.39, 0.29) is 5.60 Å². The van der Waals surface area contributed by atoms with Crippen molar-refractivity contribution in [3.63, 3.8) is 0 Å². The second-order valence-corrected chi connectivity index (χ2v) is 5.22. The molecule has 0 aromatic carbocycles. The van der Waals surface area contributed by atoms with Crippen LogP contribution in [-0.4, -0.2) is 5.60 Å². The second kappa shape index (κ2) is 3.12. The van der Waals surface area contributed by atoms with Gasteiger partial charge in [0, 0.05) is 0 Å². The van der Waals surface area contributed by atoms with Gasteiger partial charge in [-0.15, -0.1) is 0 Å². The molecule has 0 N–H and O–H groups in total. The van der Waals surface area contributed by atoms with Crippen molar-refractivity contribution >= 4 is 0 Å². The van der Waals surface area contributed by atoms with Crippen molar-refractivity contribution in [1.82, 2.24) is 0 Å². The smallest absolute Gasteiger partial charge is 0.106 e. The van der Waals surface area contributed by atoms with Crippen LogP contribution >= 0.6 is 0 Å². The van der Waals surface area contributed by atoms with E-state index in [2.05, 4.69) is 33.8 Å². The minimum absolute atomic E-state index is 0.0764. The Morgan fingerprint density at radius 2 is 2.08 bits per heavy atom. The van der Waals surface area contributed by atoms with Gasteiger partial charge in [0.25, 0.3) is 0 Å². The summed E-state index contributed by atoms with van der Waals surface area (Å²) in [7, 11) is 0. The fourth-order valence-electron chi connectivity index (χ4n) is 1.98. The average Bonchev–Trinajstić information content (AvgIpc) is 1.83. The second-order valence-electron chi connectivity index (χ2n) is 5.22. The Kier molecular flexibility index (Phi) is 2.50. The number of ether oxygens (including phenoxy) is 1. The maximum Gasteiger partial charge on any atom is 0.106 e. The number of hydrogen-bond donors (Lipinski definition) is 0. The van der Waals surface area contributed by atoms with Gasteiger partial charge in [0.1, 0.15) is 5.60 Å². The highest BCUT2D eigenvalue weighted by atomic mass is 16.5. The minimum atomic E-state index is 0.0764. The van der Waals surface area contributed by atoms with Crippen molar-refractivity contribution in [1.29, 1.82) is 0 Å². The Hall–Kier alpha value is -0.460. The van der Waals surface area contributed by atoms with Crippen LogP contribution in [0.5, 0.6) is 0 Å². The van der Waals surface area contributed by atoms with Gasteiger partial charge >= 0.3 is 0 Å². The van der Waals surface area contributed by atoms with Gasteiger partial charge in [0.15, 0.2) is 0 Å². The molecule has 1 heterocycles. The fourth-order valence-corrected chi connectivity index (χ4v) is 1.98. The first-order valence-corrected chi connectivity index (χ1v) is 4.74. The summed E-state index contributed by atoms with van der Waals surface area (Å²) in [6, 6.07) is 0. The molecule has 1 aliphatic rings. The number of allylic oxidation sites excluding steroid dienone is 1. The van der Waals surface area contributed by atoms with Crippen LogP contribution in [0.15, 0.2) is 12.3 Å². The molecule has 1 nitrogen and oxygen atoms in total. The summed E-state index contributed by atoms with van der Waals surface area (Å²) in [5.41, 5.74) is 0.437. The molecule has 12 heavy (non-hydrogen) atoms. The van der Waals surface area contributed by atoms with Gasteiger partial charge < -0.3 is 4.74 Å². The van der Waals surface area contributed by atoms with E-state index in [4.69, 9.17) is 4.74 Å². The molecule has 0 spiro atoms. The van der Waals surface area contributed by atoms with Crippen LogP contribution in [0, 0.1) is 5.41 Å². The quantitative estimate of drug-likeness (QED) is 0.582. The zero-order valence-electron chi connectivity index (χ0n) is 8.68. The van der Waals surface area contributed by atoms with Gasteiger partial charge in [0.05, 0.1) is 6.26 Å². The summed E-state index contributed by atoms with van der Waals surface area (Å²) in [5, 5.41) is 0. The molecular weight excluding hydrogens is 148 g/mol. The molecule has 1 unspecified atom stereocenters. The van der Waals surface area contributed by atoms with Gasteiger partial charge in [-0.25, -0.2) is 0 Å². The molecule has 1 heteroatoms. The predicted octanol–water partition coefficient (Wildman–Crippen LogP) is 3.51. The molecule has 0 fully saturated rings. The molecule has 0 aliphatic carbocycles. The highest BCUT2D eigenvalue weighted by Gasteiger charge is 2.31. The van der Waals surface area contributed by atoms with Crippen LogP contribution < -0.4 is 0 Å². The van der Waals surface area contributed by atoms with Crippen LogP contribution in [0.1, 0.15) is 47.0 Å². The molecule has 0 aromatic heterocycles. The van der Waals surface area contributed by atoms with Crippen molar-refractivity contribution in [3.05, 3.63) is 12.3 Å². The maximum absolute atomic E-state index is 5.66. The minimum Gasteiger partial charge on any atom is -0.495 e. The lowest BCUT2D eigenvalue weighted by Crippen LogP contribution is -2.33. The van der Waals surface area contributed by atoms with Crippen LogP contribution in [0.3, 0.4) is 0 Å². The van der Waals surface area contributed by atoms with E-state index in [0.29, 0.717) is 5.41 Å². The van der Waals surface area contributed by atoms with Gasteiger partial charge in [-0.2, -0.15) is 0 Å². The summed E-state index contributed by atoms with van der Waals surface area (Å²) in [4.78, 5) is 0. The monoisotopic (exact) mass is 168 g/mol. The standard InChI is InChI=1S/C11H20O/c1-10(2,3)9-11(4)7-5-6-8-12-11/h6,8H,5,7,9H2,1-4H3. The van der Waals surface area contributed by atoms with Gasteiger partial charge in [-0.05, 0) is 37.7 Å². The molecular formula is C11H20O. The highest BCUT2D eigenvalue weighted by molar-refractivity contribution is 4.91. The van der Waals surface area contributed by atoms with Gasteiger partial charge in [-0.3, -0.25) is 0 Å². The van der Waals surface area contributed by atoms with E-state index in [9.17, 15) is 0 Å². The molecule has 1 rings (SSSR count). The van der Waals surface area contributed by atoms with Crippen LogP contribution in [0.4, 0.5) is 0 Å². The van der Waals surface area contributed by atoms with Gasteiger partial charge in [-0.1, -0.05) is 20.8 Å². The summed E-state index contributed by atoms with van der Waals surface area (Å²) in [5.74, 6) is 0. The molecule has 0 aromatic rings. The Morgan fingerprint density at radius 1 is 1.42 bits per heavy atom. The van der Waals surface area contributed by atoms with E-state index in [1.807, 2.05) is 6.26 Å². The van der Waals surface area contributed by atoms with Crippen molar-refractivity contribution in [2.45, 2.75) is 52.6 Å². The lowest BCUT2D eigenvalue weighted by molar-refractivity contribution is -0.0118. The third kappa shape index (κ3) is 2.88. The molecule has 0 saturated carbocycles. The average molecular weight is 168 g/mol. The Balaban J connectivity index is 2.54. The van der Waals surface area contributed by atoms with Crippen molar-refractivity contribution in [2.75, 3.05) is 0 Å². The summed E-state index contributed by atoms with van der Waals surface area (Å²) in [6.07, 6.45) is 7.40. The summed E-state index contributed by atoms with van der Waals surface area (Å²) < 4.78 is 5.66. The molecule has 70 valence electrons. The van der Waals surface area contributed by atoms with E-state index >= 15 is 0 Å². The SMILES string of the molecule is CC(C)(C)CC1(C)CCC=CO1. The molecule has 1 atom stereocenters. The molecule has 0 saturated heterocycles. The van der Waals surface area contributed by atoms with E-state index in [1.165, 1.54) is 0 Å². The lowest BCUT2D eigenvalue weighted by Gasteiger charge is -2.36. The van der Waals surface area contributed by atoms with E-state index in [0.717, 1.165) is 19.3 Å². The molecule has 1 aliphatic heterocycles. The first-order chi connectivity index (χ1) is 5.41. The molecule has 0 amide bonds. The van der Waals surface area contributed by atoms with Crippen molar-refractivity contribution < 1.29 is 4.74 Å². The Bertz CT molecular complexity index is 176. The first kappa shape index (κ1) is 9.63. The summed E-state index contributed by atoms with van der Waals surface area (Å²) in [6.45, 7) is 9.00. The van der Waals surface area contributed by atoms with E-state index < -0.39 is 0 Å². The fraction of sp³-hybridized carbons (Fsp3) is 0.818. The van der Waals surface area contributed by atoms with Crippen LogP contribution in [0.2, 0.25) is 0 Å². The zero-order valence-corrected chi connectivity index (χ0v) is 8.68. The van der Waals surface area contributed by atoms with Crippen molar-refractivity contribution in [3.8, 4) is 0 Å². The van der Waals surface area contributed by atoms with Crippen LogP contribution in [-0.2, 0) is 4.74 Å². The Labute approximate surface area is 75.8 Å². The lowest BCUT2D eigenvalue weighted by atomic mass is 9.80. The number of hydrogen-bond acceptors (Lipinski definition) is 1. The van der Waals surface area contributed by atoms with Crippen molar-refractivity contribution in [2.24, 2.45) is 5.41 Å².